The van der Waals surface area contributed by atoms with Crippen molar-refractivity contribution in [2.24, 2.45) is 0 Å². The van der Waals surface area contributed by atoms with Crippen molar-refractivity contribution in [3.05, 3.63) is 0 Å². The molecular weight excluding hydrogens is 412 g/mol. The van der Waals surface area contributed by atoms with E-state index in [1.54, 1.807) is 0 Å². The Morgan fingerprint density at radius 2 is 1.62 bits per heavy atom. The maximum atomic E-state index is 6.54. The van der Waals surface area contributed by atoms with Crippen molar-refractivity contribution in [2.45, 2.75) is 147 Å². The second-order valence-corrected chi connectivity index (χ2v) is 10.2. The lowest BCUT2D eigenvalue weighted by atomic mass is 9.94. The molecule has 32 heavy (non-hydrogen) atoms. The van der Waals surface area contributed by atoms with Gasteiger partial charge < -0.3 is 33.2 Å². The van der Waals surface area contributed by atoms with Crippen LogP contribution in [0.25, 0.3) is 0 Å². The summed E-state index contributed by atoms with van der Waals surface area (Å²) in [6.07, 6.45) is 10.2. The summed E-state index contributed by atoms with van der Waals surface area (Å²) in [5.74, 6) is -0.986. The van der Waals surface area contributed by atoms with Gasteiger partial charge in [-0.3, -0.25) is 0 Å². The Morgan fingerprint density at radius 1 is 0.938 bits per heavy atom. The van der Waals surface area contributed by atoms with E-state index in [0.29, 0.717) is 19.6 Å². The summed E-state index contributed by atoms with van der Waals surface area (Å²) in [7, 11) is 0. The van der Waals surface area contributed by atoms with Gasteiger partial charge in [0.15, 0.2) is 24.2 Å². The summed E-state index contributed by atoms with van der Waals surface area (Å²) >= 11 is 0. The highest BCUT2D eigenvalue weighted by Crippen LogP contribution is 2.43. The Labute approximate surface area is 193 Å². The lowest BCUT2D eigenvalue weighted by Gasteiger charge is -2.38. The third kappa shape index (κ3) is 6.04. The molecule has 2 aliphatic carbocycles. The Kier molecular flexibility index (Phi) is 8.52. The molecule has 186 valence electrons. The van der Waals surface area contributed by atoms with Gasteiger partial charge in [0.2, 0.25) is 0 Å². The van der Waals surface area contributed by atoms with E-state index in [-0.39, 0.29) is 37.0 Å². The minimum absolute atomic E-state index is 0.0952. The molecule has 0 bridgehead atoms. The summed E-state index contributed by atoms with van der Waals surface area (Å²) < 4.78 is 44.1. The van der Waals surface area contributed by atoms with Crippen molar-refractivity contribution in [1.29, 1.82) is 0 Å². The highest BCUT2D eigenvalue weighted by molar-refractivity contribution is 4.93. The van der Waals surface area contributed by atoms with Crippen molar-refractivity contribution < 1.29 is 33.2 Å². The van der Waals surface area contributed by atoms with Crippen molar-refractivity contribution in [2.75, 3.05) is 13.2 Å². The first kappa shape index (κ1) is 24.8. The molecule has 7 heteroatoms. The molecule has 7 nitrogen and oxygen atoms in total. The molecule has 0 N–H and O–H groups in total. The molecule has 4 aliphatic rings. The van der Waals surface area contributed by atoms with Gasteiger partial charge in [-0.25, -0.2) is 0 Å². The molecule has 4 rings (SSSR count). The van der Waals surface area contributed by atoms with Crippen molar-refractivity contribution in [1.82, 2.24) is 0 Å². The van der Waals surface area contributed by atoms with Gasteiger partial charge in [-0.2, -0.15) is 0 Å². The second kappa shape index (κ2) is 11.0. The van der Waals surface area contributed by atoms with E-state index in [0.717, 1.165) is 51.4 Å². The minimum atomic E-state index is -0.547. The average molecular weight is 457 g/mol. The van der Waals surface area contributed by atoms with Gasteiger partial charge in [0.25, 0.3) is 0 Å². The maximum absolute atomic E-state index is 6.54. The molecule has 0 amide bonds. The van der Waals surface area contributed by atoms with Crippen LogP contribution in [0.2, 0.25) is 0 Å². The SMILES string of the molecule is CCOC1(O[C@@H]2C[C@@H](OC(C)OC(C)C)[C@@H](C3COC4(CCCCC4)O3)O2)CCCCC1. The predicted molar refractivity (Wildman–Crippen MR) is 119 cm³/mol. The molecule has 1 spiro atoms. The van der Waals surface area contributed by atoms with E-state index in [1.165, 1.54) is 12.8 Å². The molecular formula is C25H44O7. The largest absolute Gasteiger partial charge is 0.350 e. The van der Waals surface area contributed by atoms with E-state index < -0.39 is 11.6 Å². The second-order valence-electron chi connectivity index (χ2n) is 10.2. The summed E-state index contributed by atoms with van der Waals surface area (Å²) in [6.45, 7) is 9.18. The molecule has 2 unspecified atom stereocenters. The zero-order chi connectivity index (χ0) is 22.6. The minimum Gasteiger partial charge on any atom is -0.350 e. The number of hydrogen-bond donors (Lipinski definition) is 0. The van der Waals surface area contributed by atoms with E-state index in [9.17, 15) is 0 Å². The fourth-order valence-electron chi connectivity index (χ4n) is 5.82. The Hall–Kier alpha value is -0.280. The van der Waals surface area contributed by atoms with Crippen LogP contribution in [-0.4, -0.2) is 61.8 Å². The van der Waals surface area contributed by atoms with Gasteiger partial charge in [-0.15, -0.1) is 0 Å². The van der Waals surface area contributed by atoms with Crippen LogP contribution in [0.4, 0.5) is 0 Å². The predicted octanol–water partition coefficient (Wildman–Crippen LogP) is 5.05. The van der Waals surface area contributed by atoms with E-state index >= 15 is 0 Å². The van der Waals surface area contributed by atoms with Gasteiger partial charge in [0, 0.05) is 38.7 Å². The van der Waals surface area contributed by atoms with Crippen molar-refractivity contribution in [3.8, 4) is 0 Å². The number of ether oxygens (including phenoxy) is 7. The van der Waals surface area contributed by atoms with Crippen LogP contribution in [0.5, 0.6) is 0 Å². The molecule has 2 aliphatic heterocycles. The zero-order valence-electron chi connectivity index (χ0n) is 20.5. The third-order valence-electron chi connectivity index (χ3n) is 7.16. The van der Waals surface area contributed by atoms with E-state index in [4.69, 9.17) is 33.2 Å². The maximum Gasteiger partial charge on any atom is 0.171 e. The quantitative estimate of drug-likeness (QED) is 0.450. The summed E-state index contributed by atoms with van der Waals surface area (Å²) in [5, 5.41) is 0. The van der Waals surface area contributed by atoms with Gasteiger partial charge in [0.1, 0.15) is 12.2 Å². The first-order chi connectivity index (χ1) is 15.4. The normalized spacial score (nSPS) is 35.5. The number of rotatable bonds is 9. The average Bonchev–Trinajstić information content (AvgIpc) is 3.32. The highest BCUT2D eigenvalue weighted by Gasteiger charge is 2.52. The van der Waals surface area contributed by atoms with Crippen LogP contribution in [0.1, 0.15) is 98.3 Å². The van der Waals surface area contributed by atoms with E-state index in [1.807, 2.05) is 27.7 Å². The fraction of sp³-hybridized carbons (Fsp3) is 1.00. The molecule has 4 fully saturated rings. The van der Waals surface area contributed by atoms with Crippen LogP contribution < -0.4 is 0 Å². The first-order valence-corrected chi connectivity index (χ1v) is 13.0. The zero-order valence-corrected chi connectivity index (χ0v) is 20.5. The molecule has 0 aromatic heterocycles. The third-order valence-corrected chi connectivity index (χ3v) is 7.16. The van der Waals surface area contributed by atoms with Crippen LogP contribution in [0.3, 0.4) is 0 Å². The smallest absolute Gasteiger partial charge is 0.171 e. The molecule has 5 atom stereocenters. The van der Waals surface area contributed by atoms with Gasteiger partial charge in [-0.05, 0) is 53.4 Å². The van der Waals surface area contributed by atoms with Crippen molar-refractivity contribution in [3.63, 3.8) is 0 Å². The van der Waals surface area contributed by atoms with Gasteiger partial charge >= 0.3 is 0 Å². The fourth-order valence-corrected chi connectivity index (χ4v) is 5.82. The van der Waals surface area contributed by atoms with Crippen LogP contribution >= 0.6 is 0 Å². The Bertz CT molecular complexity index is 565. The lowest BCUT2D eigenvalue weighted by Crippen LogP contribution is -2.43. The van der Waals surface area contributed by atoms with Gasteiger partial charge in [0.05, 0.1) is 18.8 Å². The molecule has 2 saturated heterocycles. The van der Waals surface area contributed by atoms with E-state index in [2.05, 4.69) is 0 Å². The Balaban J connectivity index is 1.44. The van der Waals surface area contributed by atoms with Crippen molar-refractivity contribution >= 4 is 0 Å². The number of hydrogen-bond acceptors (Lipinski definition) is 7. The monoisotopic (exact) mass is 456 g/mol. The molecule has 2 saturated carbocycles. The molecule has 0 aromatic rings. The Morgan fingerprint density at radius 3 is 2.28 bits per heavy atom. The topological polar surface area (TPSA) is 64.6 Å². The molecule has 0 radical (unpaired) electrons. The molecule has 0 aromatic carbocycles. The van der Waals surface area contributed by atoms with Crippen LogP contribution in [-0.2, 0) is 33.2 Å². The van der Waals surface area contributed by atoms with Gasteiger partial charge in [-0.1, -0.05) is 12.8 Å². The first-order valence-electron chi connectivity index (χ1n) is 13.0. The summed E-state index contributed by atoms with van der Waals surface area (Å²) in [6, 6.07) is 0. The highest BCUT2D eigenvalue weighted by atomic mass is 16.8. The van der Waals surface area contributed by atoms with Crippen LogP contribution in [0, 0.1) is 0 Å². The lowest BCUT2D eigenvalue weighted by molar-refractivity contribution is -0.318. The summed E-state index contributed by atoms with van der Waals surface area (Å²) in [5.41, 5.74) is 0. The molecule has 2 heterocycles. The summed E-state index contributed by atoms with van der Waals surface area (Å²) in [4.78, 5) is 0. The standard InChI is InChI=1S/C25H44O7/c1-5-26-24(12-8-6-9-13-24)32-22-16-20(29-19(4)28-18(2)3)23(30-22)21-17-27-25(31-21)14-10-7-11-15-25/h18-23H,5-17H2,1-4H3/t19?,20-,21?,22-,23+/m1/s1. The van der Waals surface area contributed by atoms with Crippen LogP contribution in [0.15, 0.2) is 0 Å².